The molecule has 1 fully saturated rings. The standard InChI is InChI=1S/C17H29N3O5S2/c1-19(11-12-24-2)13-14-5-4-10-20(14)27(22,23)16-7-6-15(26-16)8-9-18-17(21)25-3/h6-7,14H,4-5,8-13H2,1-3H3,(H,18,21). The Morgan fingerprint density at radius 3 is 2.89 bits per heavy atom. The minimum Gasteiger partial charge on any atom is -0.453 e. The van der Waals surface area contributed by atoms with Gasteiger partial charge < -0.3 is 19.7 Å². The van der Waals surface area contributed by atoms with Crippen molar-refractivity contribution in [3.8, 4) is 0 Å². The predicted molar refractivity (Wildman–Crippen MR) is 105 cm³/mol. The van der Waals surface area contributed by atoms with Crippen LogP contribution >= 0.6 is 11.3 Å². The van der Waals surface area contributed by atoms with E-state index in [0.717, 1.165) is 24.3 Å². The smallest absolute Gasteiger partial charge is 0.406 e. The molecule has 1 aromatic rings. The van der Waals surface area contributed by atoms with Crippen molar-refractivity contribution in [2.75, 3.05) is 54.1 Å². The fourth-order valence-electron chi connectivity index (χ4n) is 3.11. The molecule has 0 bridgehead atoms. The van der Waals surface area contributed by atoms with Crippen LogP contribution in [-0.4, -0.2) is 83.8 Å². The molecule has 154 valence electrons. The summed E-state index contributed by atoms with van der Waals surface area (Å²) in [6.07, 6.45) is 1.83. The van der Waals surface area contributed by atoms with Gasteiger partial charge in [0, 0.05) is 44.2 Å². The highest BCUT2D eigenvalue weighted by Gasteiger charge is 2.36. The Morgan fingerprint density at radius 1 is 1.41 bits per heavy atom. The van der Waals surface area contributed by atoms with E-state index in [1.165, 1.54) is 18.4 Å². The maximum atomic E-state index is 13.1. The van der Waals surface area contributed by atoms with Crippen LogP contribution in [0.4, 0.5) is 4.79 Å². The van der Waals surface area contributed by atoms with Gasteiger partial charge in [-0.05, 0) is 38.4 Å². The molecule has 8 nitrogen and oxygen atoms in total. The van der Waals surface area contributed by atoms with Gasteiger partial charge in [0.2, 0.25) is 0 Å². The van der Waals surface area contributed by atoms with E-state index in [1.807, 2.05) is 13.1 Å². The van der Waals surface area contributed by atoms with E-state index >= 15 is 0 Å². The van der Waals surface area contributed by atoms with Gasteiger partial charge in [-0.15, -0.1) is 11.3 Å². The molecule has 0 radical (unpaired) electrons. The Balaban J connectivity index is 1.99. The summed E-state index contributed by atoms with van der Waals surface area (Å²) in [6.45, 7) is 3.07. The molecule has 0 saturated carbocycles. The zero-order valence-electron chi connectivity index (χ0n) is 16.1. The molecule has 2 rings (SSSR count). The number of carbonyl (C=O) groups excluding carboxylic acids is 1. The maximum Gasteiger partial charge on any atom is 0.406 e. The van der Waals surface area contributed by atoms with Gasteiger partial charge in [0.1, 0.15) is 4.21 Å². The van der Waals surface area contributed by atoms with Crippen molar-refractivity contribution < 1.29 is 22.7 Å². The van der Waals surface area contributed by atoms with Crippen LogP contribution in [0.5, 0.6) is 0 Å². The number of sulfonamides is 1. The number of alkyl carbamates (subject to hydrolysis) is 1. The molecule has 1 saturated heterocycles. The number of likely N-dealkylation sites (N-methyl/N-ethyl adjacent to an activating group) is 1. The van der Waals surface area contributed by atoms with Gasteiger partial charge in [0.05, 0.1) is 13.7 Å². The first-order valence-corrected chi connectivity index (χ1v) is 11.2. The van der Waals surface area contributed by atoms with Crippen LogP contribution in [0, 0.1) is 0 Å². The molecule has 1 aliphatic heterocycles. The Labute approximate surface area is 165 Å². The summed E-state index contributed by atoms with van der Waals surface area (Å²) < 4.78 is 37.8. The van der Waals surface area contributed by atoms with Gasteiger partial charge in [-0.1, -0.05) is 0 Å². The van der Waals surface area contributed by atoms with Gasteiger partial charge in [0.15, 0.2) is 0 Å². The van der Waals surface area contributed by atoms with Crippen LogP contribution in [-0.2, 0) is 25.9 Å². The number of nitrogens with one attached hydrogen (secondary N) is 1. The molecule has 1 unspecified atom stereocenters. The Hall–Kier alpha value is -1.20. The molecule has 0 aromatic carbocycles. The highest BCUT2D eigenvalue weighted by atomic mass is 32.2. The van der Waals surface area contributed by atoms with E-state index in [2.05, 4.69) is 15.0 Å². The third-order valence-electron chi connectivity index (χ3n) is 4.55. The van der Waals surface area contributed by atoms with Crippen LogP contribution < -0.4 is 5.32 Å². The zero-order valence-corrected chi connectivity index (χ0v) is 17.8. The second kappa shape index (κ2) is 10.4. The van der Waals surface area contributed by atoms with Crippen LogP contribution in [0.25, 0.3) is 0 Å². The van der Waals surface area contributed by atoms with Crippen molar-refractivity contribution in [3.05, 3.63) is 17.0 Å². The lowest BCUT2D eigenvalue weighted by Gasteiger charge is -2.27. The molecule has 27 heavy (non-hydrogen) atoms. The summed E-state index contributed by atoms with van der Waals surface area (Å²) in [5, 5.41) is 2.60. The summed E-state index contributed by atoms with van der Waals surface area (Å²) in [4.78, 5) is 14.1. The zero-order chi connectivity index (χ0) is 19.9. The second-order valence-electron chi connectivity index (χ2n) is 6.56. The van der Waals surface area contributed by atoms with E-state index in [9.17, 15) is 13.2 Å². The topological polar surface area (TPSA) is 88.2 Å². The predicted octanol–water partition coefficient (Wildman–Crippen LogP) is 1.38. The highest BCUT2D eigenvalue weighted by molar-refractivity contribution is 7.91. The van der Waals surface area contributed by atoms with Gasteiger partial charge in [-0.3, -0.25) is 0 Å². The van der Waals surface area contributed by atoms with Crippen molar-refractivity contribution in [1.82, 2.24) is 14.5 Å². The molecule has 0 spiro atoms. The van der Waals surface area contributed by atoms with Crippen LogP contribution in [0.3, 0.4) is 0 Å². The molecule has 1 amide bonds. The quantitative estimate of drug-likeness (QED) is 0.616. The van der Waals surface area contributed by atoms with E-state index in [4.69, 9.17) is 4.74 Å². The molecule has 1 atom stereocenters. The van der Waals surface area contributed by atoms with E-state index < -0.39 is 16.1 Å². The lowest BCUT2D eigenvalue weighted by Crippen LogP contribution is -2.42. The molecule has 1 N–H and O–H groups in total. The number of hydrogen-bond acceptors (Lipinski definition) is 7. The minimum atomic E-state index is -3.50. The number of carbonyl (C=O) groups is 1. The third kappa shape index (κ3) is 6.15. The van der Waals surface area contributed by atoms with E-state index in [1.54, 1.807) is 17.5 Å². The minimum absolute atomic E-state index is 0.0107. The highest BCUT2D eigenvalue weighted by Crippen LogP contribution is 2.30. The summed E-state index contributed by atoms with van der Waals surface area (Å²) in [7, 11) is 1.46. The van der Waals surface area contributed by atoms with Crippen molar-refractivity contribution in [3.63, 3.8) is 0 Å². The molecular formula is C17H29N3O5S2. The molecule has 1 aromatic heterocycles. The number of hydrogen-bond donors (Lipinski definition) is 1. The Bertz CT molecular complexity index is 707. The van der Waals surface area contributed by atoms with Crippen molar-refractivity contribution in [2.24, 2.45) is 0 Å². The SMILES string of the molecule is COCCN(C)CC1CCCN1S(=O)(=O)c1ccc(CCNC(=O)OC)s1. The molecular weight excluding hydrogens is 390 g/mol. The lowest BCUT2D eigenvalue weighted by atomic mass is 10.2. The fraction of sp³-hybridized carbons (Fsp3) is 0.706. The van der Waals surface area contributed by atoms with E-state index in [0.29, 0.717) is 36.9 Å². The summed E-state index contributed by atoms with van der Waals surface area (Å²) in [5.41, 5.74) is 0. The van der Waals surface area contributed by atoms with Crippen LogP contribution in [0.1, 0.15) is 17.7 Å². The summed E-state index contributed by atoms with van der Waals surface area (Å²) >= 11 is 1.27. The first-order valence-electron chi connectivity index (χ1n) is 8.98. The summed E-state index contributed by atoms with van der Waals surface area (Å²) in [5.74, 6) is 0. The molecule has 1 aliphatic rings. The fourth-order valence-corrected chi connectivity index (χ4v) is 6.28. The van der Waals surface area contributed by atoms with Crippen LogP contribution in [0.2, 0.25) is 0 Å². The number of rotatable bonds is 10. The van der Waals surface area contributed by atoms with Crippen molar-refractivity contribution in [1.29, 1.82) is 0 Å². The summed E-state index contributed by atoms with van der Waals surface area (Å²) in [6, 6.07) is 3.47. The van der Waals surface area contributed by atoms with Gasteiger partial charge in [-0.25, -0.2) is 13.2 Å². The monoisotopic (exact) mass is 419 g/mol. The largest absolute Gasteiger partial charge is 0.453 e. The number of methoxy groups -OCH3 is 2. The lowest BCUT2D eigenvalue weighted by molar-refractivity contribution is 0.151. The van der Waals surface area contributed by atoms with Gasteiger partial charge in [-0.2, -0.15) is 4.31 Å². The Kier molecular flexibility index (Phi) is 8.49. The first-order chi connectivity index (χ1) is 12.9. The number of nitrogens with zero attached hydrogens (tertiary/aromatic N) is 2. The average Bonchev–Trinajstić information content (AvgIpc) is 3.30. The van der Waals surface area contributed by atoms with Crippen molar-refractivity contribution >= 4 is 27.5 Å². The van der Waals surface area contributed by atoms with Gasteiger partial charge in [0.25, 0.3) is 10.0 Å². The van der Waals surface area contributed by atoms with Crippen LogP contribution in [0.15, 0.2) is 16.3 Å². The first kappa shape index (κ1) is 22.1. The second-order valence-corrected chi connectivity index (χ2v) is 9.84. The molecule has 10 heteroatoms. The number of thiophene rings is 1. The number of amides is 1. The maximum absolute atomic E-state index is 13.1. The average molecular weight is 420 g/mol. The third-order valence-corrected chi connectivity index (χ3v) is 8.11. The molecule has 2 heterocycles. The normalized spacial score (nSPS) is 18.1. The Morgan fingerprint density at radius 2 is 2.19 bits per heavy atom. The van der Waals surface area contributed by atoms with Crippen molar-refractivity contribution in [2.45, 2.75) is 29.5 Å². The molecule has 0 aliphatic carbocycles. The van der Waals surface area contributed by atoms with E-state index in [-0.39, 0.29) is 6.04 Å². The van der Waals surface area contributed by atoms with Gasteiger partial charge >= 0.3 is 6.09 Å². The number of ether oxygens (including phenoxy) is 2.